The summed E-state index contributed by atoms with van der Waals surface area (Å²) in [6, 6.07) is 13.1. The first-order chi connectivity index (χ1) is 30.1. The van der Waals surface area contributed by atoms with Crippen molar-refractivity contribution in [3.8, 4) is 0 Å². The quantitative estimate of drug-likeness (QED) is 0.141. The Morgan fingerprint density at radius 3 is 1.82 bits per heavy atom. The SMILES string of the molecule is C=C(C)[C@@H](OC(=O)[C@](OC)(c1ccccc1)C(F)(F)F)[C@H]1C[C@](C)(O)[C@H]2[C@@H](C[C@@]3(C)[C@@H]4CC=C5[C@@H](CC[C@H](OC(=O)[C@](OC)(c6ccccc6)C(F)(F)F)C5(C)C)[C@]4(C)C(=O)C[C@]23C)O1. The Morgan fingerprint density at radius 2 is 1.32 bits per heavy atom. The molecule has 7 rings (SSSR count). The normalized spacial score (nSPS) is 36.6. The average Bonchev–Trinajstić information content (AvgIpc) is 3.44. The molecule has 4 aliphatic carbocycles. The number of benzene rings is 2. The van der Waals surface area contributed by atoms with Gasteiger partial charge in [-0.3, -0.25) is 4.79 Å². The predicted octanol–water partition coefficient (Wildman–Crippen LogP) is 9.90. The van der Waals surface area contributed by atoms with Gasteiger partial charge < -0.3 is 28.8 Å². The van der Waals surface area contributed by atoms with Gasteiger partial charge in [0.1, 0.15) is 24.1 Å². The standard InChI is InChI=1S/C50H60F6O9/c1-28(2)38(65-41(59)48(62-10,50(54,55)56)30-19-15-12-16-20-30)33-26-45(7,60)39-34(63-33)25-43(5)35-23-21-31-32(46(35,8)36(57)27-44(39,43)6)22-24-37(42(31,3)4)64-40(58)47(61-9,49(51,52)53)29-17-13-11-14-18-29/h11-21,32-35,37-39,60H,1,22-27H2,2-10H3/t32-,33-,34-,35+,37+,38-,39+,43+,44-,45+,46+,47-,48-/m1/s1. The number of hydrogen-bond acceptors (Lipinski definition) is 9. The van der Waals surface area contributed by atoms with Crippen molar-refractivity contribution in [2.24, 2.45) is 39.4 Å². The fourth-order valence-corrected chi connectivity index (χ4v) is 13.5. The second kappa shape index (κ2) is 16.0. The van der Waals surface area contributed by atoms with Crippen molar-refractivity contribution in [2.45, 2.75) is 141 Å². The van der Waals surface area contributed by atoms with Crippen molar-refractivity contribution in [3.05, 3.63) is 95.6 Å². The minimum Gasteiger partial charge on any atom is -0.459 e. The molecule has 9 nitrogen and oxygen atoms in total. The van der Waals surface area contributed by atoms with Crippen LogP contribution in [-0.4, -0.2) is 79.4 Å². The number of ketones is 1. The Labute approximate surface area is 376 Å². The van der Waals surface area contributed by atoms with Crippen LogP contribution in [0.5, 0.6) is 0 Å². The lowest BCUT2D eigenvalue weighted by Crippen LogP contribution is -2.65. The zero-order chi connectivity index (χ0) is 48.1. The van der Waals surface area contributed by atoms with E-state index in [1.807, 2.05) is 33.8 Å². The van der Waals surface area contributed by atoms with Crippen LogP contribution >= 0.6 is 0 Å². The molecule has 0 aromatic heterocycles. The molecule has 2 aromatic carbocycles. The molecule has 4 fully saturated rings. The number of alkyl halides is 6. The molecule has 0 unspecified atom stereocenters. The summed E-state index contributed by atoms with van der Waals surface area (Å²) in [7, 11) is 1.60. The monoisotopic (exact) mass is 918 g/mol. The number of fused-ring (bicyclic) bond motifs is 7. The Kier molecular flexibility index (Phi) is 12.1. The van der Waals surface area contributed by atoms with Gasteiger partial charge in [-0.05, 0) is 67.8 Å². The van der Waals surface area contributed by atoms with Crippen LogP contribution in [0.25, 0.3) is 0 Å². The fraction of sp³-hybridized carbons (Fsp3) is 0.620. The molecule has 2 aromatic rings. The minimum absolute atomic E-state index is 0.0276. The van der Waals surface area contributed by atoms with E-state index in [1.165, 1.54) is 55.5 Å². The number of ether oxygens (including phenoxy) is 5. The first-order valence-electron chi connectivity index (χ1n) is 22.1. The van der Waals surface area contributed by atoms with Crippen LogP contribution in [0.1, 0.15) is 98.1 Å². The highest BCUT2D eigenvalue weighted by Crippen LogP contribution is 2.75. The number of methoxy groups -OCH3 is 2. The van der Waals surface area contributed by atoms with Crippen molar-refractivity contribution < 1.29 is 69.5 Å². The number of aliphatic hydroxyl groups is 1. The van der Waals surface area contributed by atoms with Gasteiger partial charge in [0, 0.05) is 54.9 Å². The molecular weight excluding hydrogens is 859 g/mol. The van der Waals surface area contributed by atoms with Crippen LogP contribution in [0, 0.1) is 39.4 Å². The number of hydrogen-bond donors (Lipinski definition) is 1. The van der Waals surface area contributed by atoms with Gasteiger partial charge in [-0.2, -0.15) is 26.3 Å². The number of allylic oxidation sites excluding steroid dienone is 1. The lowest BCUT2D eigenvalue weighted by atomic mass is 9.38. The third-order valence-electron chi connectivity index (χ3n) is 16.8. The molecule has 5 aliphatic rings. The van der Waals surface area contributed by atoms with Crippen LogP contribution in [0.3, 0.4) is 0 Å². The van der Waals surface area contributed by atoms with Crippen LogP contribution in [-0.2, 0) is 49.3 Å². The lowest BCUT2D eigenvalue weighted by Gasteiger charge is -2.65. The molecule has 1 N–H and O–H groups in total. The van der Waals surface area contributed by atoms with Crippen LogP contribution in [0.15, 0.2) is 84.5 Å². The van der Waals surface area contributed by atoms with Gasteiger partial charge in [0.05, 0.1) is 11.7 Å². The molecule has 13 atom stereocenters. The van der Waals surface area contributed by atoms with Gasteiger partial charge in [-0.1, -0.05) is 114 Å². The van der Waals surface area contributed by atoms with E-state index in [4.69, 9.17) is 23.7 Å². The zero-order valence-corrected chi connectivity index (χ0v) is 38.3. The summed E-state index contributed by atoms with van der Waals surface area (Å²) in [5.41, 5.74) is -11.7. The maximum atomic E-state index is 15.0. The van der Waals surface area contributed by atoms with E-state index in [-0.39, 0.29) is 42.5 Å². The van der Waals surface area contributed by atoms with Crippen LogP contribution < -0.4 is 0 Å². The smallest absolute Gasteiger partial charge is 0.432 e. The van der Waals surface area contributed by atoms with Gasteiger partial charge in [-0.25, -0.2) is 9.59 Å². The van der Waals surface area contributed by atoms with Crippen molar-refractivity contribution in [3.63, 3.8) is 0 Å². The number of Topliss-reactive ketones (excluding diaryl/α,β-unsaturated/α-hetero) is 1. The fourth-order valence-electron chi connectivity index (χ4n) is 13.5. The molecule has 0 amide bonds. The summed E-state index contributed by atoms with van der Waals surface area (Å²) in [4.78, 5) is 42.8. The number of halogens is 6. The second-order valence-corrected chi connectivity index (χ2v) is 20.5. The first-order valence-corrected chi connectivity index (χ1v) is 22.1. The third kappa shape index (κ3) is 6.97. The molecular formula is C50H60F6O9. The molecule has 0 spiro atoms. The van der Waals surface area contributed by atoms with Crippen molar-refractivity contribution in [2.75, 3.05) is 14.2 Å². The third-order valence-corrected chi connectivity index (χ3v) is 16.8. The summed E-state index contributed by atoms with van der Waals surface area (Å²) in [6.07, 6.45) is -11.4. The highest BCUT2D eigenvalue weighted by Gasteiger charge is 2.76. The highest BCUT2D eigenvalue weighted by atomic mass is 19.4. The van der Waals surface area contributed by atoms with Crippen molar-refractivity contribution >= 4 is 17.7 Å². The number of esters is 2. The largest absolute Gasteiger partial charge is 0.459 e. The van der Waals surface area contributed by atoms with Gasteiger partial charge in [0.2, 0.25) is 0 Å². The maximum absolute atomic E-state index is 15.0. The summed E-state index contributed by atoms with van der Waals surface area (Å²) in [6.45, 7) is 16.8. The summed E-state index contributed by atoms with van der Waals surface area (Å²) < 4.78 is 118. The summed E-state index contributed by atoms with van der Waals surface area (Å²) >= 11 is 0. The average molecular weight is 919 g/mol. The topological polar surface area (TPSA) is 118 Å². The molecule has 15 heteroatoms. The highest BCUT2D eigenvalue weighted by molar-refractivity contribution is 5.88. The Morgan fingerprint density at radius 1 is 0.800 bits per heavy atom. The van der Waals surface area contributed by atoms with Crippen molar-refractivity contribution in [1.29, 1.82) is 0 Å². The van der Waals surface area contributed by atoms with Gasteiger partial charge in [-0.15, -0.1) is 0 Å². The molecule has 1 aliphatic heterocycles. The molecule has 1 saturated heterocycles. The van der Waals surface area contributed by atoms with E-state index in [0.717, 1.165) is 31.9 Å². The molecule has 0 radical (unpaired) electrons. The summed E-state index contributed by atoms with van der Waals surface area (Å²) in [5.74, 6) is -4.59. The van der Waals surface area contributed by atoms with E-state index < -0.39 is 104 Å². The van der Waals surface area contributed by atoms with Crippen molar-refractivity contribution in [1.82, 2.24) is 0 Å². The molecule has 1 heterocycles. The second-order valence-electron chi connectivity index (χ2n) is 20.5. The van der Waals surface area contributed by atoms with Crippen LogP contribution in [0.4, 0.5) is 26.3 Å². The summed E-state index contributed by atoms with van der Waals surface area (Å²) in [5, 5.41) is 12.5. The maximum Gasteiger partial charge on any atom is 0.432 e. The van der Waals surface area contributed by atoms with Gasteiger partial charge >= 0.3 is 24.3 Å². The van der Waals surface area contributed by atoms with E-state index in [9.17, 15) is 41.0 Å². The van der Waals surface area contributed by atoms with Gasteiger partial charge in [0.25, 0.3) is 11.2 Å². The minimum atomic E-state index is -5.23. The lowest BCUT2D eigenvalue weighted by molar-refractivity contribution is -0.282. The Balaban J connectivity index is 1.18. The number of carbonyl (C=O) groups excluding carboxylic acids is 3. The molecule has 65 heavy (non-hydrogen) atoms. The zero-order valence-electron chi connectivity index (χ0n) is 38.3. The van der Waals surface area contributed by atoms with E-state index in [1.54, 1.807) is 6.92 Å². The molecule has 0 bridgehead atoms. The Hall–Kier alpha value is -4.05. The van der Waals surface area contributed by atoms with E-state index in [0.29, 0.717) is 19.3 Å². The number of rotatable bonds is 10. The number of carbonyl (C=O) groups is 3. The van der Waals surface area contributed by atoms with Gasteiger partial charge in [0.15, 0.2) is 0 Å². The van der Waals surface area contributed by atoms with E-state index in [2.05, 4.69) is 13.5 Å². The Bertz CT molecular complexity index is 2220. The van der Waals surface area contributed by atoms with Crippen LogP contribution in [0.2, 0.25) is 0 Å². The molecule has 3 saturated carbocycles. The van der Waals surface area contributed by atoms with E-state index >= 15 is 4.79 Å². The first kappa shape index (κ1) is 48.9. The molecule has 356 valence electrons. The predicted molar refractivity (Wildman–Crippen MR) is 226 cm³/mol.